The fourth-order valence-electron chi connectivity index (χ4n) is 4.66. The molecule has 6 heterocycles. The van der Waals surface area contributed by atoms with Gasteiger partial charge in [0.2, 0.25) is 5.95 Å². The van der Waals surface area contributed by atoms with E-state index in [1.165, 1.54) is 10.9 Å². The second kappa shape index (κ2) is 10.5. The molecule has 220 valence electrons. The Kier molecular flexibility index (Phi) is 7.14. The van der Waals surface area contributed by atoms with E-state index in [0.717, 1.165) is 11.0 Å². The first-order chi connectivity index (χ1) is 19.6. The van der Waals surface area contributed by atoms with Crippen LogP contribution in [-0.2, 0) is 23.1 Å². The standard InChI is InChI=1S/C19H23FN11O8PS/c20-9-12(33)8(38-18(9)31-14-10(28-29-31)13(21)23-4-24-14)3-36-40(35,41)39-7-1-6(2-32)37-17(7)30-5-25-11-15(30)26-19(22)27-16(11)34/h4-9,12,17-18,32-33H,1-3H2,(H,35,41)(H2,21,23,24)(H3,22,26,27,34)/t6-,7-,8+,9-,12?,17+,18+,40?/m0/s1. The minimum Gasteiger partial charge on any atom is -0.394 e. The van der Waals surface area contributed by atoms with E-state index >= 15 is 4.39 Å². The van der Waals surface area contributed by atoms with Crippen LogP contribution < -0.4 is 17.0 Å². The number of nitrogens with one attached hydrogen (secondary N) is 1. The molecule has 0 spiro atoms. The molecule has 0 bridgehead atoms. The predicted octanol–water partition coefficient (Wildman–Crippen LogP) is -1.17. The molecule has 4 aromatic rings. The number of anilines is 2. The zero-order valence-electron chi connectivity index (χ0n) is 20.7. The molecule has 0 aromatic carbocycles. The maximum atomic E-state index is 15.0. The first-order valence-electron chi connectivity index (χ1n) is 12.0. The van der Waals surface area contributed by atoms with Gasteiger partial charge in [-0.3, -0.25) is 23.4 Å². The van der Waals surface area contributed by atoms with E-state index < -0.39 is 68.6 Å². The van der Waals surface area contributed by atoms with E-state index in [-0.39, 0.29) is 40.5 Å². The molecular formula is C19H23FN11O8PS. The minimum atomic E-state index is -4.22. The highest BCUT2D eigenvalue weighted by Gasteiger charge is 2.48. The summed E-state index contributed by atoms with van der Waals surface area (Å²) < 4.78 is 53.0. The van der Waals surface area contributed by atoms with Crippen molar-refractivity contribution in [3.8, 4) is 0 Å². The number of aliphatic hydroxyl groups is 2. The van der Waals surface area contributed by atoms with Gasteiger partial charge in [0.25, 0.3) is 5.56 Å². The number of imidazole rings is 1. The third kappa shape index (κ3) is 5.03. The van der Waals surface area contributed by atoms with Crippen LogP contribution in [0.1, 0.15) is 18.9 Å². The molecule has 19 nitrogen and oxygen atoms in total. The molecule has 0 saturated carbocycles. The fourth-order valence-corrected chi connectivity index (χ4v) is 6.16. The smallest absolute Gasteiger partial charge is 0.386 e. The number of nitrogens with two attached hydrogens (primary N) is 2. The van der Waals surface area contributed by atoms with Gasteiger partial charge in [-0.1, -0.05) is 17.5 Å². The topological polar surface area (TPSA) is 267 Å². The van der Waals surface area contributed by atoms with Gasteiger partial charge in [-0.05, 0) is 0 Å². The van der Waals surface area contributed by atoms with Gasteiger partial charge in [-0.25, -0.2) is 23.9 Å². The van der Waals surface area contributed by atoms with Crippen LogP contribution >= 0.6 is 19.0 Å². The van der Waals surface area contributed by atoms with Gasteiger partial charge in [0.05, 0.1) is 25.6 Å². The number of aromatic nitrogens is 9. The van der Waals surface area contributed by atoms with Crippen LogP contribution in [0.15, 0.2) is 17.4 Å². The van der Waals surface area contributed by atoms with Crippen molar-refractivity contribution in [3.63, 3.8) is 0 Å². The molecular weight excluding hydrogens is 592 g/mol. The summed E-state index contributed by atoms with van der Waals surface area (Å²) in [4.78, 5) is 30.4. The Bertz CT molecular complexity index is 1700. The number of halogens is 1. The van der Waals surface area contributed by atoms with Gasteiger partial charge in [0.1, 0.15) is 24.6 Å². The van der Waals surface area contributed by atoms with Crippen LogP contribution in [0.3, 0.4) is 0 Å². The Balaban J connectivity index is 1.16. The number of aliphatic hydroxyl groups excluding tert-OH is 2. The summed E-state index contributed by atoms with van der Waals surface area (Å²) in [5.74, 6) is -0.147. The van der Waals surface area contributed by atoms with Gasteiger partial charge in [0.15, 0.2) is 46.8 Å². The number of thiol groups is 1. The van der Waals surface area contributed by atoms with Crippen LogP contribution in [0.25, 0.3) is 22.3 Å². The number of nitrogens with zero attached hydrogens (tertiary/aromatic N) is 8. The minimum absolute atomic E-state index is 0.0237. The lowest BCUT2D eigenvalue weighted by Gasteiger charge is -2.24. The summed E-state index contributed by atoms with van der Waals surface area (Å²) in [5.41, 5.74) is 11.0. The van der Waals surface area contributed by atoms with Crippen molar-refractivity contribution < 1.29 is 37.7 Å². The third-order valence-electron chi connectivity index (χ3n) is 6.57. The molecule has 2 saturated heterocycles. The molecule has 8 atom stereocenters. The van der Waals surface area contributed by atoms with Gasteiger partial charge >= 0.3 is 6.80 Å². The van der Waals surface area contributed by atoms with Crippen LogP contribution in [0.5, 0.6) is 0 Å². The van der Waals surface area contributed by atoms with Crippen molar-refractivity contribution in [2.45, 2.75) is 49.5 Å². The Morgan fingerprint density at radius 2 is 2.02 bits per heavy atom. The molecule has 2 unspecified atom stereocenters. The molecule has 22 heteroatoms. The molecule has 0 aliphatic carbocycles. The number of fused-ring (bicyclic) bond motifs is 2. The van der Waals surface area contributed by atoms with Crippen molar-refractivity contribution in [2.75, 3.05) is 24.7 Å². The van der Waals surface area contributed by atoms with Crippen LogP contribution in [0.4, 0.5) is 16.2 Å². The first kappa shape index (κ1) is 27.8. The zero-order valence-corrected chi connectivity index (χ0v) is 22.5. The number of hydrogen-bond donors (Lipinski definition) is 6. The number of aromatic amines is 1. The lowest BCUT2D eigenvalue weighted by Crippen LogP contribution is -2.31. The molecule has 2 fully saturated rings. The van der Waals surface area contributed by atoms with Gasteiger partial charge in [-0.15, -0.1) is 5.10 Å². The van der Waals surface area contributed by atoms with Crippen molar-refractivity contribution in [1.82, 2.24) is 44.5 Å². The summed E-state index contributed by atoms with van der Waals surface area (Å²) >= 11 is 4.02. The van der Waals surface area contributed by atoms with Crippen LogP contribution in [0, 0.1) is 0 Å². The molecule has 4 aromatic heterocycles. The number of rotatable bonds is 8. The highest BCUT2D eigenvalue weighted by Crippen LogP contribution is 2.57. The number of nitrogen functional groups attached to an aromatic ring is 2. The second-order valence-corrected chi connectivity index (χ2v) is 12.1. The summed E-state index contributed by atoms with van der Waals surface area (Å²) in [6.45, 7) is -5.21. The maximum Gasteiger partial charge on any atom is 0.386 e. The molecule has 0 amide bonds. The summed E-state index contributed by atoms with van der Waals surface area (Å²) in [5, 5.41) is 27.7. The molecule has 0 radical (unpaired) electrons. The van der Waals surface area contributed by atoms with Crippen molar-refractivity contribution >= 4 is 53.1 Å². The van der Waals surface area contributed by atoms with Gasteiger partial charge < -0.3 is 31.2 Å². The van der Waals surface area contributed by atoms with Gasteiger partial charge in [-0.2, -0.15) is 9.67 Å². The predicted molar refractivity (Wildman–Crippen MR) is 138 cm³/mol. The van der Waals surface area contributed by atoms with E-state index in [9.17, 15) is 19.6 Å². The van der Waals surface area contributed by atoms with E-state index in [1.807, 2.05) is 0 Å². The van der Waals surface area contributed by atoms with Crippen molar-refractivity contribution in [1.29, 1.82) is 0 Å². The summed E-state index contributed by atoms with van der Waals surface area (Å²) in [7, 11) is 0. The molecule has 41 heavy (non-hydrogen) atoms. The zero-order chi connectivity index (χ0) is 29.1. The fraction of sp³-hybridized carbons (Fsp3) is 0.526. The van der Waals surface area contributed by atoms with E-state index in [0.29, 0.717) is 0 Å². The highest BCUT2D eigenvalue weighted by atomic mass is 32.7. The molecule has 2 aliphatic heterocycles. The number of alkyl halides is 1. The molecule has 2 aliphatic rings. The SMILES string of the molecule is Nc1nc2c(ncn2[C@@H]2O[C@H](CO)C[C@@H]2OP(=O)(S)OC[C@H]2O[C@@H](n3nnc4c(N)ncnc43)[C@@H](F)C2O)c(=O)[nH]1. The first-order valence-corrected chi connectivity index (χ1v) is 14.7. The lowest BCUT2D eigenvalue weighted by atomic mass is 10.1. The Morgan fingerprint density at radius 3 is 2.80 bits per heavy atom. The van der Waals surface area contributed by atoms with Crippen LogP contribution in [0.2, 0.25) is 0 Å². The Labute approximate surface area is 232 Å². The lowest BCUT2D eigenvalue weighted by molar-refractivity contribution is -0.0554. The average molecular weight is 616 g/mol. The average Bonchev–Trinajstić information content (AvgIpc) is 3.69. The number of ether oxygens (including phenoxy) is 2. The highest BCUT2D eigenvalue weighted by molar-refractivity contribution is 8.44. The van der Waals surface area contributed by atoms with E-state index in [1.54, 1.807) is 0 Å². The summed E-state index contributed by atoms with van der Waals surface area (Å²) in [6.07, 6.45) is -6.83. The van der Waals surface area contributed by atoms with E-state index in [2.05, 4.69) is 47.5 Å². The molecule has 6 rings (SSSR count). The van der Waals surface area contributed by atoms with Crippen molar-refractivity contribution in [2.24, 2.45) is 0 Å². The number of H-pyrrole nitrogens is 1. The van der Waals surface area contributed by atoms with Gasteiger partial charge in [0, 0.05) is 6.42 Å². The molecule has 7 N–H and O–H groups in total. The Morgan fingerprint density at radius 1 is 1.22 bits per heavy atom. The monoisotopic (exact) mass is 615 g/mol. The van der Waals surface area contributed by atoms with Crippen molar-refractivity contribution in [3.05, 3.63) is 23.0 Å². The van der Waals surface area contributed by atoms with Crippen LogP contribution in [-0.4, -0.2) is 98.5 Å². The Hall–Kier alpha value is -3.30. The van der Waals surface area contributed by atoms with E-state index in [4.69, 9.17) is 30.0 Å². The maximum absolute atomic E-state index is 15.0. The largest absolute Gasteiger partial charge is 0.394 e. The second-order valence-electron chi connectivity index (χ2n) is 9.22. The summed E-state index contributed by atoms with van der Waals surface area (Å²) in [6, 6.07) is 0. The third-order valence-corrected chi connectivity index (χ3v) is 8.21. The normalized spacial score (nSPS) is 29.9. The quantitative estimate of drug-likeness (QED) is 0.101. The number of hydrogen-bond acceptors (Lipinski definition) is 16.